The van der Waals surface area contributed by atoms with Gasteiger partial charge in [-0.3, -0.25) is 14.9 Å². The van der Waals surface area contributed by atoms with E-state index in [1.807, 2.05) is 37.3 Å². The summed E-state index contributed by atoms with van der Waals surface area (Å²) in [6.07, 6.45) is 2.48. The number of halogens is 2. The summed E-state index contributed by atoms with van der Waals surface area (Å²) in [7, 11) is 2.95. The Hall–Kier alpha value is -5.27. The van der Waals surface area contributed by atoms with Crippen molar-refractivity contribution in [3.05, 3.63) is 83.7 Å². The van der Waals surface area contributed by atoms with Crippen LogP contribution < -0.4 is 10.6 Å². The number of para-hydroxylation sites is 1. The smallest absolute Gasteiger partial charge is 0.411 e. The Morgan fingerprint density at radius 2 is 1.76 bits per heavy atom. The normalized spacial score (nSPS) is 17.9. The van der Waals surface area contributed by atoms with Gasteiger partial charge in [0.05, 0.1) is 31.1 Å². The van der Waals surface area contributed by atoms with Gasteiger partial charge in [0.15, 0.2) is 11.6 Å². The van der Waals surface area contributed by atoms with Crippen LogP contribution in [0.5, 0.6) is 0 Å². The van der Waals surface area contributed by atoms with Crippen molar-refractivity contribution in [2.45, 2.75) is 57.8 Å². The Morgan fingerprint density at radius 3 is 2.37 bits per heavy atom. The van der Waals surface area contributed by atoms with Crippen LogP contribution in [0.25, 0.3) is 16.9 Å². The van der Waals surface area contributed by atoms with Crippen molar-refractivity contribution >= 4 is 23.9 Å². The average molecular weight is 636 g/mol. The molecular formula is C32H35F2N7O5. The van der Waals surface area contributed by atoms with E-state index in [-0.39, 0.29) is 12.0 Å². The van der Waals surface area contributed by atoms with Crippen LogP contribution in [0.2, 0.25) is 0 Å². The van der Waals surface area contributed by atoms with Crippen LogP contribution in [0.15, 0.2) is 60.9 Å². The molecule has 1 saturated heterocycles. The first-order chi connectivity index (χ1) is 21.8. The number of rotatable bonds is 6. The predicted octanol–water partition coefficient (Wildman–Crippen LogP) is 5.27. The second kappa shape index (κ2) is 12.6. The molecular weight excluding hydrogens is 600 g/mol. The van der Waals surface area contributed by atoms with E-state index in [1.54, 1.807) is 49.6 Å². The zero-order valence-electron chi connectivity index (χ0n) is 26.2. The lowest BCUT2D eigenvalue weighted by Gasteiger charge is -2.33. The van der Waals surface area contributed by atoms with Crippen LogP contribution in [0.4, 0.5) is 24.2 Å². The number of likely N-dealkylation sites (tertiary alicyclic amines) is 1. The van der Waals surface area contributed by atoms with Gasteiger partial charge in [0.2, 0.25) is 0 Å². The molecule has 0 bridgehead atoms. The maximum atomic E-state index is 14.5. The van der Waals surface area contributed by atoms with Crippen LogP contribution in [0.3, 0.4) is 0 Å². The third kappa shape index (κ3) is 6.55. The van der Waals surface area contributed by atoms with Crippen LogP contribution in [0, 0.1) is 18.6 Å². The van der Waals surface area contributed by atoms with E-state index in [0.717, 1.165) is 22.6 Å². The standard InChI is InChI=1S/C32H35F2N7O5/c1-18-26(20-16-35-39(5)17-20)38-41(21-10-8-7-9-11-21)28(18)37-30(43)36-24-15-25(29(42)45-6)40(31(44)46-32(2,3)4)27(24)19-12-13-22(33)23(34)14-19/h7-14,16-17,24-25,27H,15H2,1-6H3,(H2,36,37,43)/t24-,25+,27+/m1/s1. The molecule has 1 fully saturated rings. The van der Waals surface area contributed by atoms with Crippen molar-refractivity contribution in [2.24, 2.45) is 7.05 Å². The fourth-order valence-corrected chi connectivity index (χ4v) is 5.53. The number of methoxy groups -OCH3 is 1. The van der Waals surface area contributed by atoms with Crippen LogP contribution >= 0.6 is 0 Å². The number of hydrogen-bond acceptors (Lipinski definition) is 7. The molecule has 2 N–H and O–H groups in total. The molecule has 3 heterocycles. The van der Waals surface area contributed by atoms with Gasteiger partial charge in [-0.15, -0.1) is 0 Å². The van der Waals surface area contributed by atoms with E-state index < -0.39 is 53.5 Å². The number of benzene rings is 2. The summed E-state index contributed by atoms with van der Waals surface area (Å²) in [4.78, 5) is 41.3. The number of aromatic nitrogens is 4. The first kappa shape index (κ1) is 32.1. The summed E-state index contributed by atoms with van der Waals surface area (Å²) in [5.74, 6) is -2.65. The third-order valence-electron chi connectivity index (χ3n) is 7.51. The van der Waals surface area contributed by atoms with Gasteiger partial charge in [0.25, 0.3) is 0 Å². The lowest BCUT2D eigenvalue weighted by atomic mass is 9.99. The summed E-state index contributed by atoms with van der Waals surface area (Å²) in [5.41, 5.74) is 1.86. The lowest BCUT2D eigenvalue weighted by Crippen LogP contribution is -2.46. The fraction of sp³-hybridized carbons (Fsp3) is 0.344. The number of urea groups is 1. The summed E-state index contributed by atoms with van der Waals surface area (Å²) in [6, 6.07) is 8.38. The topological polar surface area (TPSA) is 133 Å². The molecule has 1 aliphatic heterocycles. The first-order valence-electron chi connectivity index (χ1n) is 14.5. The number of anilines is 1. The highest BCUT2D eigenvalue weighted by Crippen LogP contribution is 2.39. The van der Waals surface area contributed by atoms with Gasteiger partial charge in [-0.1, -0.05) is 24.3 Å². The van der Waals surface area contributed by atoms with E-state index in [1.165, 1.54) is 13.2 Å². The molecule has 0 unspecified atom stereocenters. The molecule has 0 spiro atoms. The number of esters is 1. The highest BCUT2D eigenvalue weighted by atomic mass is 19.2. The van der Waals surface area contributed by atoms with Crippen LogP contribution in [-0.4, -0.2) is 67.3 Å². The van der Waals surface area contributed by atoms with Gasteiger partial charge in [-0.2, -0.15) is 10.2 Å². The van der Waals surface area contributed by atoms with Gasteiger partial charge >= 0.3 is 18.1 Å². The summed E-state index contributed by atoms with van der Waals surface area (Å²) >= 11 is 0. The molecule has 4 aromatic rings. The third-order valence-corrected chi connectivity index (χ3v) is 7.51. The monoisotopic (exact) mass is 635 g/mol. The highest BCUT2D eigenvalue weighted by molar-refractivity contribution is 5.91. The number of aryl methyl sites for hydroxylation is 1. The largest absolute Gasteiger partial charge is 0.467 e. The lowest BCUT2D eigenvalue weighted by molar-refractivity contribution is -0.146. The van der Waals surface area contributed by atoms with Crippen molar-refractivity contribution in [3.63, 3.8) is 0 Å². The Bertz CT molecular complexity index is 1770. The molecule has 0 radical (unpaired) electrons. The van der Waals surface area contributed by atoms with Gasteiger partial charge in [-0.25, -0.2) is 27.8 Å². The molecule has 1 aliphatic rings. The van der Waals surface area contributed by atoms with Crippen LogP contribution in [-0.2, 0) is 21.3 Å². The van der Waals surface area contributed by atoms with Gasteiger partial charge < -0.3 is 14.8 Å². The second-order valence-electron chi connectivity index (χ2n) is 12.0. The van der Waals surface area contributed by atoms with Crippen molar-refractivity contribution in [2.75, 3.05) is 12.4 Å². The van der Waals surface area contributed by atoms with E-state index in [0.29, 0.717) is 22.8 Å². The number of carbonyl (C=O) groups is 3. The molecule has 14 heteroatoms. The minimum atomic E-state index is -1.20. The second-order valence-corrected chi connectivity index (χ2v) is 12.0. The van der Waals surface area contributed by atoms with Crippen molar-refractivity contribution in [3.8, 4) is 16.9 Å². The van der Waals surface area contributed by atoms with Crippen molar-refractivity contribution < 1.29 is 32.6 Å². The molecule has 46 heavy (non-hydrogen) atoms. The average Bonchev–Trinajstić information content (AvgIpc) is 3.69. The van der Waals surface area contributed by atoms with Gasteiger partial charge in [0, 0.05) is 30.8 Å². The van der Waals surface area contributed by atoms with Crippen molar-refractivity contribution in [1.29, 1.82) is 0 Å². The Morgan fingerprint density at radius 1 is 1.04 bits per heavy atom. The molecule has 2 aromatic heterocycles. The Kier molecular flexibility index (Phi) is 8.81. The summed E-state index contributed by atoms with van der Waals surface area (Å²) in [6.45, 7) is 6.77. The number of amides is 3. The van der Waals surface area contributed by atoms with Crippen molar-refractivity contribution in [1.82, 2.24) is 29.8 Å². The Balaban J connectivity index is 1.52. The minimum Gasteiger partial charge on any atom is -0.467 e. The predicted molar refractivity (Wildman–Crippen MR) is 164 cm³/mol. The maximum Gasteiger partial charge on any atom is 0.411 e. The van der Waals surface area contributed by atoms with Gasteiger partial charge in [-0.05, 0) is 57.5 Å². The molecule has 5 rings (SSSR count). The summed E-state index contributed by atoms with van der Waals surface area (Å²) in [5, 5.41) is 14.7. The van der Waals surface area contributed by atoms with E-state index >= 15 is 0 Å². The highest BCUT2D eigenvalue weighted by Gasteiger charge is 2.50. The SMILES string of the molecule is COC(=O)[C@@H]1C[C@@H](NC(=O)Nc2c(C)c(-c3cnn(C)c3)nn2-c2ccccc2)[C@H](c2ccc(F)c(F)c2)N1C(=O)OC(C)(C)C. The number of carbonyl (C=O) groups excluding carboxylic acids is 3. The molecule has 12 nitrogen and oxygen atoms in total. The number of nitrogens with one attached hydrogen (secondary N) is 2. The van der Waals surface area contributed by atoms with Gasteiger partial charge in [0.1, 0.15) is 23.2 Å². The van der Waals surface area contributed by atoms with E-state index in [9.17, 15) is 23.2 Å². The first-order valence-corrected chi connectivity index (χ1v) is 14.5. The summed E-state index contributed by atoms with van der Waals surface area (Å²) < 4.78 is 42.3. The Labute approximate surface area is 264 Å². The fourth-order valence-electron chi connectivity index (χ4n) is 5.53. The maximum absolute atomic E-state index is 14.5. The van der Waals surface area contributed by atoms with Crippen LogP contribution in [0.1, 0.15) is 44.4 Å². The van der Waals surface area contributed by atoms with E-state index in [2.05, 4.69) is 15.7 Å². The molecule has 3 amide bonds. The quantitative estimate of drug-likeness (QED) is 0.276. The zero-order valence-corrected chi connectivity index (χ0v) is 26.2. The molecule has 2 aromatic carbocycles. The zero-order chi connectivity index (χ0) is 33.3. The number of hydrogen-bond donors (Lipinski definition) is 2. The minimum absolute atomic E-state index is 0.0964. The van der Waals surface area contributed by atoms with E-state index in [4.69, 9.17) is 14.6 Å². The molecule has 0 aliphatic carbocycles. The number of nitrogens with zero attached hydrogens (tertiary/aromatic N) is 5. The molecule has 0 saturated carbocycles. The molecule has 3 atom stereocenters. The number of ether oxygens (including phenoxy) is 2. The molecule has 242 valence electrons.